The smallest absolute Gasteiger partial charge is 0.219 e. The lowest BCUT2D eigenvalue weighted by atomic mass is 10.0. The average molecular weight is 307 g/mol. The zero-order valence-electron chi connectivity index (χ0n) is 12.4. The molecule has 1 fully saturated rings. The summed E-state index contributed by atoms with van der Waals surface area (Å²) in [5.74, 6) is 0. The summed E-state index contributed by atoms with van der Waals surface area (Å²) in [6.45, 7) is 11.4. The molecule has 5 nitrogen and oxygen atoms in total. The summed E-state index contributed by atoms with van der Waals surface area (Å²) >= 11 is 5.08. The second-order valence-corrected chi connectivity index (χ2v) is 9.56. The molecule has 0 saturated carbocycles. The number of hydrogen-bond acceptors (Lipinski definition) is 4. The SMILES string of the molecule is CC(C)(C(N)=S)N1CCN(S(=O)(=O)C(C)(C)C)CC1. The van der Waals surface area contributed by atoms with Crippen molar-refractivity contribution < 1.29 is 8.42 Å². The summed E-state index contributed by atoms with van der Waals surface area (Å²) in [7, 11) is -3.25. The molecular weight excluding hydrogens is 282 g/mol. The number of rotatable bonds is 3. The Morgan fingerprint density at radius 2 is 1.47 bits per heavy atom. The van der Waals surface area contributed by atoms with Crippen molar-refractivity contribution in [3.05, 3.63) is 0 Å². The Morgan fingerprint density at radius 1 is 1.05 bits per heavy atom. The monoisotopic (exact) mass is 307 g/mol. The Hall–Kier alpha value is -0.240. The Labute approximate surface area is 122 Å². The summed E-state index contributed by atoms with van der Waals surface area (Å²) in [4.78, 5) is 2.59. The van der Waals surface area contributed by atoms with Gasteiger partial charge in [0.05, 0.1) is 15.3 Å². The lowest BCUT2D eigenvalue weighted by Gasteiger charge is -2.44. The van der Waals surface area contributed by atoms with Crippen molar-refractivity contribution in [3.8, 4) is 0 Å². The van der Waals surface area contributed by atoms with Gasteiger partial charge in [0.25, 0.3) is 0 Å². The van der Waals surface area contributed by atoms with E-state index in [1.54, 1.807) is 25.1 Å². The van der Waals surface area contributed by atoms with Crippen LogP contribution in [0.2, 0.25) is 0 Å². The van der Waals surface area contributed by atoms with Gasteiger partial charge in [0.2, 0.25) is 10.0 Å². The van der Waals surface area contributed by atoms with Gasteiger partial charge >= 0.3 is 0 Å². The van der Waals surface area contributed by atoms with Crippen LogP contribution in [0, 0.1) is 0 Å². The molecular formula is C12H25N3O2S2. The van der Waals surface area contributed by atoms with Crippen LogP contribution in [-0.4, -0.2) is 59.1 Å². The standard InChI is InChI=1S/C12H25N3O2S2/c1-11(2,3)19(16,17)15-8-6-14(7-9-15)12(4,5)10(13)18/h6-9H2,1-5H3,(H2,13,18). The molecule has 0 amide bonds. The van der Waals surface area contributed by atoms with Gasteiger partial charge < -0.3 is 5.73 Å². The maximum Gasteiger partial charge on any atom is 0.219 e. The number of piperazine rings is 1. The van der Waals surface area contributed by atoms with Crippen molar-refractivity contribution in [3.63, 3.8) is 0 Å². The number of nitrogens with two attached hydrogens (primary N) is 1. The Bertz CT molecular complexity index is 444. The van der Waals surface area contributed by atoms with E-state index in [1.807, 2.05) is 13.8 Å². The number of hydrogen-bond donors (Lipinski definition) is 1. The fourth-order valence-corrected chi connectivity index (χ4v) is 3.58. The van der Waals surface area contributed by atoms with E-state index < -0.39 is 14.8 Å². The quantitative estimate of drug-likeness (QED) is 0.781. The van der Waals surface area contributed by atoms with Crippen LogP contribution in [0.4, 0.5) is 0 Å². The molecule has 0 atom stereocenters. The van der Waals surface area contributed by atoms with Crippen LogP contribution in [0.1, 0.15) is 34.6 Å². The van der Waals surface area contributed by atoms with Crippen LogP contribution >= 0.6 is 12.2 Å². The largest absolute Gasteiger partial charge is 0.392 e. The molecule has 1 rings (SSSR count). The van der Waals surface area contributed by atoms with Crippen LogP contribution < -0.4 is 5.73 Å². The fourth-order valence-electron chi connectivity index (χ4n) is 2.03. The molecule has 0 radical (unpaired) electrons. The predicted molar refractivity (Wildman–Crippen MR) is 82.7 cm³/mol. The number of sulfonamides is 1. The molecule has 112 valence electrons. The first-order valence-corrected chi connectivity index (χ1v) is 8.30. The molecule has 0 aliphatic carbocycles. The minimum atomic E-state index is -3.25. The van der Waals surface area contributed by atoms with Gasteiger partial charge in [0, 0.05) is 26.2 Å². The van der Waals surface area contributed by atoms with Crippen molar-refractivity contribution in [2.45, 2.75) is 44.9 Å². The van der Waals surface area contributed by atoms with Gasteiger partial charge in [0.15, 0.2) is 0 Å². The third kappa shape index (κ3) is 3.26. The van der Waals surface area contributed by atoms with Crippen LogP contribution in [0.25, 0.3) is 0 Å². The van der Waals surface area contributed by atoms with E-state index in [4.69, 9.17) is 18.0 Å². The summed E-state index contributed by atoms with van der Waals surface area (Å²) in [6.07, 6.45) is 0. The summed E-state index contributed by atoms with van der Waals surface area (Å²) in [5.41, 5.74) is 5.38. The van der Waals surface area contributed by atoms with E-state index >= 15 is 0 Å². The molecule has 0 bridgehead atoms. The molecule has 0 aromatic heterocycles. The molecule has 0 unspecified atom stereocenters. The van der Waals surface area contributed by atoms with E-state index in [9.17, 15) is 8.42 Å². The van der Waals surface area contributed by atoms with Crippen molar-refractivity contribution in [1.82, 2.24) is 9.21 Å². The van der Waals surface area contributed by atoms with E-state index in [-0.39, 0.29) is 5.54 Å². The highest BCUT2D eigenvalue weighted by molar-refractivity contribution is 7.90. The van der Waals surface area contributed by atoms with Gasteiger partial charge in [-0.05, 0) is 34.6 Å². The molecule has 0 aromatic rings. The maximum absolute atomic E-state index is 12.4. The predicted octanol–water partition coefficient (Wildman–Crippen LogP) is 0.797. The molecule has 1 heterocycles. The third-order valence-corrected chi connectivity index (χ3v) is 6.84. The highest BCUT2D eigenvalue weighted by Gasteiger charge is 2.39. The lowest BCUT2D eigenvalue weighted by Crippen LogP contribution is -2.61. The fraction of sp³-hybridized carbons (Fsp3) is 0.917. The Balaban J connectivity index is 2.77. The summed E-state index contributed by atoms with van der Waals surface area (Å²) in [6, 6.07) is 0. The topological polar surface area (TPSA) is 66.6 Å². The molecule has 2 N–H and O–H groups in total. The van der Waals surface area contributed by atoms with Gasteiger partial charge in [-0.3, -0.25) is 4.90 Å². The van der Waals surface area contributed by atoms with Crippen molar-refractivity contribution in [2.75, 3.05) is 26.2 Å². The van der Waals surface area contributed by atoms with Crippen LogP contribution in [-0.2, 0) is 10.0 Å². The zero-order chi connectivity index (χ0) is 15.1. The molecule has 1 aliphatic heterocycles. The second kappa shape index (κ2) is 5.27. The molecule has 0 aromatic carbocycles. The third-order valence-electron chi connectivity index (χ3n) is 3.75. The number of thiocarbonyl (C=S) groups is 1. The van der Waals surface area contributed by atoms with E-state index in [2.05, 4.69) is 4.90 Å². The van der Waals surface area contributed by atoms with E-state index in [0.717, 1.165) is 0 Å². The van der Waals surface area contributed by atoms with Gasteiger partial charge in [-0.2, -0.15) is 4.31 Å². The minimum absolute atomic E-state index is 0.368. The van der Waals surface area contributed by atoms with Gasteiger partial charge in [0.1, 0.15) is 0 Å². The summed E-state index contributed by atoms with van der Waals surface area (Å²) < 4.78 is 25.5. The van der Waals surface area contributed by atoms with Gasteiger partial charge in [-0.15, -0.1) is 0 Å². The first kappa shape index (κ1) is 16.8. The molecule has 7 heteroatoms. The van der Waals surface area contributed by atoms with Crippen LogP contribution in [0.15, 0.2) is 0 Å². The lowest BCUT2D eigenvalue weighted by molar-refractivity contribution is 0.122. The highest BCUT2D eigenvalue weighted by Crippen LogP contribution is 2.24. The highest BCUT2D eigenvalue weighted by atomic mass is 32.2. The first-order valence-electron chi connectivity index (χ1n) is 6.45. The Kier molecular flexibility index (Phi) is 4.67. The molecule has 1 saturated heterocycles. The van der Waals surface area contributed by atoms with E-state index in [0.29, 0.717) is 31.2 Å². The van der Waals surface area contributed by atoms with E-state index in [1.165, 1.54) is 0 Å². The van der Waals surface area contributed by atoms with Crippen molar-refractivity contribution in [1.29, 1.82) is 0 Å². The van der Waals surface area contributed by atoms with Crippen molar-refractivity contribution >= 4 is 27.2 Å². The second-order valence-electron chi connectivity index (χ2n) is 6.43. The van der Waals surface area contributed by atoms with Gasteiger partial charge in [-0.1, -0.05) is 12.2 Å². The molecule has 0 spiro atoms. The summed E-state index contributed by atoms with van der Waals surface area (Å²) in [5, 5.41) is 0. The first-order chi connectivity index (χ1) is 8.40. The zero-order valence-corrected chi connectivity index (χ0v) is 14.1. The number of nitrogens with zero attached hydrogens (tertiary/aromatic N) is 2. The van der Waals surface area contributed by atoms with Crippen LogP contribution in [0.3, 0.4) is 0 Å². The minimum Gasteiger partial charge on any atom is -0.392 e. The Morgan fingerprint density at radius 3 is 1.79 bits per heavy atom. The van der Waals surface area contributed by atoms with Crippen molar-refractivity contribution in [2.24, 2.45) is 5.73 Å². The molecule has 19 heavy (non-hydrogen) atoms. The van der Waals surface area contributed by atoms with Gasteiger partial charge in [-0.25, -0.2) is 8.42 Å². The normalized spacial score (nSPS) is 20.5. The van der Waals surface area contributed by atoms with Crippen LogP contribution in [0.5, 0.6) is 0 Å². The maximum atomic E-state index is 12.4. The average Bonchev–Trinajstić information content (AvgIpc) is 2.27. The molecule has 1 aliphatic rings.